The van der Waals surface area contributed by atoms with Crippen LogP contribution in [0.2, 0.25) is 0 Å². The van der Waals surface area contributed by atoms with Crippen molar-refractivity contribution in [3.05, 3.63) is 83.7 Å². The Morgan fingerprint density at radius 2 is 1.60 bits per heavy atom. The van der Waals surface area contributed by atoms with Gasteiger partial charge in [0.2, 0.25) is 23.6 Å². The maximum atomic E-state index is 15.2. The summed E-state index contributed by atoms with van der Waals surface area (Å²) in [6.07, 6.45) is 1.93. The van der Waals surface area contributed by atoms with Crippen molar-refractivity contribution in [2.24, 2.45) is 22.8 Å². The van der Waals surface area contributed by atoms with E-state index >= 15 is 4.39 Å². The number of carbonyl (C=O) groups excluding carboxylic acids is 4. The molecule has 0 fully saturated rings. The van der Waals surface area contributed by atoms with Crippen LogP contribution < -0.4 is 16.8 Å². The van der Waals surface area contributed by atoms with Gasteiger partial charge in [-0.05, 0) is 54.5 Å². The topological polar surface area (TPSA) is 181 Å². The smallest absolute Gasteiger partial charge is 0.327 e. The van der Waals surface area contributed by atoms with Crippen molar-refractivity contribution in [2.75, 3.05) is 24.6 Å². The van der Waals surface area contributed by atoms with E-state index in [4.69, 9.17) is 11.5 Å². The Labute approximate surface area is 326 Å². The molecule has 0 radical (unpaired) electrons. The van der Waals surface area contributed by atoms with E-state index in [0.29, 0.717) is 17.8 Å². The van der Waals surface area contributed by atoms with Crippen LogP contribution in [0.1, 0.15) is 72.2 Å². The minimum absolute atomic E-state index is 0.0333. The number of hydrogen-bond acceptors (Lipinski definition) is 7. The number of halogens is 2. The van der Waals surface area contributed by atoms with E-state index < -0.39 is 64.9 Å². The first-order valence-corrected chi connectivity index (χ1v) is 19.3. The third-order valence-corrected chi connectivity index (χ3v) is 10.3. The highest BCUT2D eigenvalue weighted by Crippen LogP contribution is 2.41. The van der Waals surface area contributed by atoms with E-state index in [1.807, 2.05) is 55.7 Å². The van der Waals surface area contributed by atoms with Gasteiger partial charge in [-0.25, -0.2) is 13.6 Å². The number of benzene rings is 2. The molecule has 0 unspecified atom stereocenters. The van der Waals surface area contributed by atoms with Gasteiger partial charge in [0, 0.05) is 55.3 Å². The molecule has 4 atom stereocenters. The number of carboxylic acids is 1. The number of nitrogens with one attached hydrogen (secondary N) is 1. The normalized spacial score (nSPS) is 13.8. The van der Waals surface area contributed by atoms with Crippen LogP contribution in [0.5, 0.6) is 0 Å². The molecule has 0 aliphatic heterocycles. The second-order valence-electron chi connectivity index (χ2n) is 15.1. The number of thioether (sulfide) groups is 1. The summed E-state index contributed by atoms with van der Waals surface area (Å²) in [5.41, 5.74) is 13.1. The molecule has 1 aromatic heterocycles. The van der Waals surface area contributed by atoms with E-state index in [2.05, 4.69) is 5.32 Å². The molecule has 2 aromatic carbocycles. The lowest BCUT2D eigenvalue weighted by Gasteiger charge is -2.41. The highest BCUT2D eigenvalue weighted by molar-refractivity contribution is 8.00. The van der Waals surface area contributed by atoms with E-state index in [0.717, 1.165) is 35.5 Å². The maximum Gasteiger partial charge on any atom is 0.327 e. The maximum absolute atomic E-state index is 15.2. The number of aromatic nitrogens is 1. The van der Waals surface area contributed by atoms with Crippen molar-refractivity contribution in [2.45, 2.75) is 85.6 Å². The number of aliphatic carboxylic acids is 1. The Kier molecular flexibility index (Phi) is 16.0. The molecule has 12 nitrogen and oxygen atoms in total. The summed E-state index contributed by atoms with van der Waals surface area (Å²) in [6, 6.07) is 10.7. The van der Waals surface area contributed by atoms with Crippen LogP contribution in [0.3, 0.4) is 0 Å². The standard InChI is InChI=1S/C40H54F2N6O6S/c1-24(2)35(43)38(52)47(25(3)37(44)51)16-11-17-48(34(50)23-55-22-32(39(53)54)45-26(4)49)36(40(5,6)7)33-18-28(30-19-29(41)14-15-31(30)42)21-46(33)20-27-12-9-8-10-13-27/h8-10,12-15,18-19,21,24-25,32,35-36H,11,16-17,20,22-23,43H2,1-7H3,(H2,44,51)(H,45,49)(H,53,54)/t25-,32-,35-,36-/m0/s1. The van der Waals surface area contributed by atoms with Gasteiger partial charge >= 0.3 is 5.97 Å². The number of hydrogen-bond donors (Lipinski definition) is 4. The lowest BCUT2D eigenvalue weighted by Crippen LogP contribution is -2.54. The van der Waals surface area contributed by atoms with Crippen molar-refractivity contribution < 1.29 is 37.9 Å². The quantitative estimate of drug-likeness (QED) is 0.134. The number of primary amides is 1. The fourth-order valence-corrected chi connectivity index (χ4v) is 7.23. The molecule has 0 spiro atoms. The molecule has 3 rings (SSSR count). The van der Waals surface area contributed by atoms with Gasteiger partial charge in [-0.3, -0.25) is 19.2 Å². The van der Waals surface area contributed by atoms with E-state index in [-0.39, 0.29) is 48.4 Å². The zero-order chi connectivity index (χ0) is 41.2. The Bertz CT molecular complexity index is 1810. The Morgan fingerprint density at radius 1 is 0.964 bits per heavy atom. The second kappa shape index (κ2) is 19.7. The highest BCUT2D eigenvalue weighted by Gasteiger charge is 2.38. The number of nitrogens with two attached hydrogens (primary N) is 2. The van der Waals surface area contributed by atoms with Crippen LogP contribution >= 0.6 is 11.8 Å². The molecule has 55 heavy (non-hydrogen) atoms. The fourth-order valence-electron chi connectivity index (χ4n) is 6.31. The molecule has 1 heterocycles. The molecule has 0 bridgehead atoms. The lowest BCUT2D eigenvalue weighted by atomic mass is 9.83. The molecular formula is C40H54F2N6O6S. The lowest BCUT2D eigenvalue weighted by molar-refractivity contribution is -0.141. The third-order valence-electron chi connectivity index (χ3n) is 9.25. The molecule has 15 heteroatoms. The average Bonchev–Trinajstić information content (AvgIpc) is 3.50. The van der Waals surface area contributed by atoms with Crippen LogP contribution in [-0.2, 0) is 30.5 Å². The first-order valence-electron chi connectivity index (χ1n) is 18.1. The molecule has 4 amide bonds. The number of nitrogens with zero attached hydrogens (tertiary/aromatic N) is 3. The Hall–Kier alpha value is -4.76. The second-order valence-corrected chi connectivity index (χ2v) is 16.1. The van der Waals surface area contributed by atoms with Crippen molar-refractivity contribution in [1.29, 1.82) is 0 Å². The predicted molar refractivity (Wildman–Crippen MR) is 210 cm³/mol. The zero-order valence-electron chi connectivity index (χ0n) is 32.6. The van der Waals surface area contributed by atoms with Gasteiger partial charge in [0.1, 0.15) is 23.7 Å². The van der Waals surface area contributed by atoms with Crippen molar-refractivity contribution in [3.8, 4) is 11.1 Å². The van der Waals surface area contributed by atoms with Gasteiger partial charge in [0.25, 0.3) is 0 Å². The highest BCUT2D eigenvalue weighted by atomic mass is 32.2. The number of amides is 4. The Balaban J connectivity index is 2.15. The molecule has 0 aliphatic carbocycles. The van der Waals surface area contributed by atoms with Gasteiger partial charge in [0.15, 0.2) is 0 Å². The SMILES string of the molecule is CC(=O)N[C@@H](CSCC(=O)N(CCCN(C(=O)[C@@H](N)C(C)C)[C@@H](C)C(N)=O)[C@@H](c1cc(-c2cc(F)ccc2F)cn1Cc1ccccc1)C(C)(C)C)C(=O)O. The van der Waals surface area contributed by atoms with E-state index in [1.54, 1.807) is 31.0 Å². The predicted octanol–water partition coefficient (Wildman–Crippen LogP) is 4.80. The molecule has 0 saturated heterocycles. The van der Waals surface area contributed by atoms with Crippen molar-refractivity contribution in [1.82, 2.24) is 19.7 Å². The summed E-state index contributed by atoms with van der Waals surface area (Å²) < 4.78 is 31.6. The molecule has 3 aromatic rings. The fraction of sp³-hybridized carbons (Fsp3) is 0.475. The number of carboxylic acid groups (broad SMARTS) is 1. The zero-order valence-corrected chi connectivity index (χ0v) is 33.4. The van der Waals surface area contributed by atoms with E-state index in [1.165, 1.54) is 18.7 Å². The van der Waals surface area contributed by atoms with Crippen LogP contribution in [0.15, 0.2) is 60.8 Å². The van der Waals surface area contributed by atoms with Crippen LogP contribution in [0.25, 0.3) is 11.1 Å². The monoisotopic (exact) mass is 784 g/mol. The molecule has 6 N–H and O–H groups in total. The first kappa shape index (κ1) is 44.6. The third kappa shape index (κ3) is 12.4. The molecular weight excluding hydrogens is 731 g/mol. The summed E-state index contributed by atoms with van der Waals surface area (Å²) >= 11 is 1.04. The number of rotatable bonds is 19. The summed E-state index contributed by atoms with van der Waals surface area (Å²) in [6.45, 7) is 12.6. The van der Waals surface area contributed by atoms with Crippen LogP contribution in [-0.4, -0.2) is 91.8 Å². The summed E-state index contributed by atoms with van der Waals surface area (Å²) in [4.78, 5) is 66.7. The largest absolute Gasteiger partial charge is 0.480 e. The summed E-state index contributed by atoms with van der Waals surface area (Å²) in [7, 11) is 0. The van der Waals surface area contributed by atoms with Crippen LogP contribution in [0.4, 0.5) is 8.78 Å². The van der Waals surface area contributed by atoms with Gasteiger partial charge in [-0.15, -0.1) is 11.8 Å². The average molecular weight is 785 g/mol. The van der Waals surface area contributed by atoms with E-state index in [9.17, 15) is 33.5 Å². The van der Waals surface area contributed by atoms with Crippen molar-refractivity contribution in [3.63, 3.8) is 0 Å². The van der Waals surface area contributed by atoms with Crippen molar-refractivity contribution >= 4 is 41.4 Å². The molecule has 0 aliphatic rings. The van der Waals surface area contributed by atoms with Crippen LogP contribution in [0, 0.1) is 23.0 Å². The van der Waals surface area contributed by atoms with Gasteiger partial charge < -0.3 is 36.3 Å². The minimum atomic E-state index is -1.25. The van der Waals surface area contributed by atoms with Gasteiger partial charge in [0.05, 0.1) is 17.8 Å². The van der Waals surface area contributed by atoms with Gasteiger partial charge in [-0.1, -0.05) is 65.0 Å². The first-order chi connectivity index (χ1) is 25.7. The summed E-state index contributed by atoms with van der Waals surface area (Å²) in [5.74, 6) is -5.05. The molecule has 0 saturated carbocycles. The molecule has 300 valence electrons. The van der Waals surface area contributed by atoms with Gasteiger partial charge in [-0.2, -0.15) is 0 Å². The minimum Gasteiger partial charge on any atom is -0.480 e. The Morgan fingerprint density at radius 3 is 2.16 bits per heavy atom. The summed E-state index contributed by atoms with van der Waals surface area (Å²) in [5, 5.41) is 12.0. The number of carbonyl (C=O) groups is 5.